The summed E-state index contributed by atoms with van der Waals surface area (Å²) in [7, 11) is 0. The number of aliphatic imine (C=N–C) groups is 1. The Morgan fingerprint density at radius 3 is 2.88 bits per heavy atom. The van der Waals surface area contributed by atoms with Crippen molar-refractivity contribution in [3.8, 4) is 0 Å². The van der Waals surface area contributed by atoms with Gasteiger partial charge < -0.3 is 5.32 Å². The Bertz CT molecular complexity index is 825. The number of nitrogens with one attached hydrogen (secondary N) is 1. The van der Waals surface area contributed by atoms with E-state index in [1.54, 1.807) is 4.90 Å². The second-order valence-corrected chi connectivity index (χ2v) is 6.40. The molecule has 2 aliphatic rings. The summed E-state index contributed by atoms with van der Waals surface area (Å²) in [5, 5.41) is 3.42. The molecule has 4 heteroatoms. The van der Waals surface area contributed by atoms with E-state index in [2.05, 4.69) is 28.5 Å². The highest BCUT2D eigenvalue weighted by atomic mass is 16.2. The number of fused-ring (bicyclic) bond motifs is 1. The molecule has 1 aliphatic carbocycles. The van der Waals surface area contributed by atoms with Gasteiger partial charge in [-0.1, -0.05) is 30.3 Å². The average Bonchev–Trinajstić information content (AvgIpc) is 3.24. The molecule has 2 aromatic carbocycles. The summed E-state index contributed by atoms with van der Waals surface area (Å²) >= 11 is 0. The van der Waals surface area contributed by atoms with E-state index in [1.807, 2.05) is 31.2 Å². The minimum Gasteiger partial charge on any atom is -0.326 e. The minimum atomic E-state index is 0.0180. The Morgan fingerprint density at radius 1 is 1.12 bits per heavy atom. The average molecular weight is 319 g/mol. The summed E-state index contributed by atoms with van der Waals surface area (Å²) in [4.78, 5) is 19.2. The second kappa shape index (κ2) is 6.11. The second-order valence-electron chi connectivity index (χ2n) is 6.40. The van der Waals surface area contributed by atoms with Gasteiger partial charge in [0.05, 0.1) is 6.54 Å². The summed E-state index contributed by atoms with van der Waals surface area (Å²) in [5.74, 6) is 0.688. The first-order chi connectivity index (χ1) is 11.7. The first-order valence-corrected chi connectivity index (χ1v) is 8.54. The normalized spacial score (nSPS) is 16.0. The van der Waals surface area contributed by atoms with Gasteiger partial charge in [-0.05, 0) is 55.0 Å². The highest BCUT2D eigenvalue weighted by Crippen LogP contribution is 2.29. The summed E-state index contributed by atoms with van der Waals surface area (Å²) in [6, 6.07) is 14.1. The molecule has 1 N–H and O–H groups in total. The van der Waals surface area contributed by atoms with Gasteiger partial charge in [0.2, 0.25) is 5.96 Å². The largest absolute Gasteiger partial charge is 0.326 e. The number of hydrogen-bond acceptors (Lipinski definition) is 3. The molecular formula is C20H21N3O. The van der Waals surface area contributed by atoms with Crippen molar-refractivity contribution in [1.29, 1.82) is 0 Å². The monoisotopic (exact) mass is 319 g/mol. The van der Waals surface area contributed by atoms with Gasteiger partial charge in [-0.3, -0.25) is 14.7 Å². The topological polar surface area (TPSA) is 44.7 Å². The van der Waals surface area contributed by atoms with Crippen molar-refractivity contribution in [2.24, 2.45) is 4.99 Å². The van der Waals surface area contributed by atoms with Crippen molar-refractivity contribution in [3.63, 3.8) is 0 Å². The van der Waals surface area contributed by atoms with E-state index < -0.39 is 0 Å². The maximum Gasteiger partial charge on any atom is 0.260 e. The molecule has 122 valence electrons. The Labute approximate surface area is 142 Å². The number of aryl methyl sites for hydroxylation is 2. The lowest BCUT2D eigenvalue weighted by molar-refractivity contribution is 0.0857. The van der Waals surface area contributed by atoms with E-state index >= 15 is 0 Å². The van der Waals surface area contributed by atoms with Gasteiger partial charge >= 0.3 is 0 Å². The van der Waals surface area contributed by atoms with Crippen molar-refractivity contribution >= 4 is 17.6 Å². The third-order valence-corrected chi connectivity index (χ3v) is 4.85. The van der Waals surface area contributed by atoms with E-state index in [0.717, 1.165) is 29.7 Å². The lowest BCUT2D eigenvalue weighted by Crippen LogP contribution is -2.38. The fourth-order valence-corrected chi connectivity index (χ4v) is 3.57. The molecule has 1 amide bonds. The molecule has 0 fully saturated rings. The first kappa shape index (κ1) is 14.9. The number of benzene rings is 2. The van der Waals surface area contributed by atoms with Crippen LogP contribution in [0.15, 0.2) is 47.5 Å². The van der Waals surface area contributed by atoms with Gasteiger partial charge in [0, 0.05) is 17.8 Å². The van der Waals surface area contributed by atoms with Gasteiger partial charge in [0.15, 0.2) is 0 Å². The summed E-state index contributed by atoms with van der Waals surface area (Å²) < 4.78 is 0. The van der Waals surface area contributed by atoms with Crippen LogP contribution < -0.4 is 5.32 Å². The highest BCUT2D eigenvalue weighted by molar-refractivity contribution is 6.11. The van der Waals surface area contributed by atoms with Crippen LogP contribution in [0.1, 0.15) is 33.5 Å². The Hall–Kier alpha value is -2.62. The molecule has 0 bridgehead atoms. The third-order valence-electron chi connectivity index (χ3n) is 4.85. The zero-order valence-electron chi connectivity index (χ0n) is 13.9. The van der Waals surface area contributed by atoms with Gasteiger partial charge in [-0.15, -0.1) is 0 Å². The van der Waals surface area contributed by atoms with Crippen molar-refractivity contribution in [1.82, 2.24) is 4.90 Å². The molecule has 0 atom stereocenters. The summed E-state index contributed by atoms with van der Waals surface area (Å²) in [6.45, 7) is 3.25. The molecule has 0 radical (unpaired) electrons. The van der Waals surface area contributed by atoms with Crippen LogP contribution in [0.25, 0.3) is 0 Å². The molecule has 24 heavy (non-hydrogen) atoms. The van der Waals surface area contributed by atoms with E-state index in [9.17, 15) is 4.79 Å². The van der Waals surface area contributed by atoms with Crippen molar-refractivity contribution in [3.05, 3.63) is 64.7 Å². The van der Waals surface area contributed by atoms with Crippen LogP contribution in [-0.4, -0.2) is 29.9 Å². The predicted molar refractivity (Wildman–Crippen MR) is 96.6 cm³/mol. The first-order valence-electron chi connectivity index (χ1n) is 8.54. The molecule has 0 unspecified atom stereocenters. The predicted octanol–water partition coefficient (Wildman–Crippen LogP) is 3.41. The number of carbonyl (C=O) groups excluding carboxylic acids is 1. The lowest BCUT2D eigenvalue weighted by atomic mass is 10.1. The SMILES string of the molecule is Cc1ccccc1C(=O)N1CCN=C1Nc1cccc2c1CCC2. The molecule has 4 rings (SSSR count). The minimum absolute atomic E-state index is 0.0180. The Balaban J connectivity index is 1.59. The maximum absolute atomic E-state index is 12.9. The van der Waals surface area contributed by atoms with Crippen molar-refractivity contribution in [2.45, 2.75) is 26.2 Å². The number of carbonyl (C=O) groups is 1. The fraction of sp³-hybridized carbons (Fsp3) is 0.300. The molecule has 4 nitrogen and oxygen atoms in total. The molecule has 0 saturated carbocycles. The summed E-state index contributed by atoms with van der Waals surface area (Å²) in [5.41, 5.74) is 5.61. The smallest absolute Gasteiger partial charge is 0.260 e. The van der Waals surface area contributed by atoms with Crippen LogP contribution in [0.3, 0.4) is 0 Å². The number of nitrogens with zero attached hydrogens (tertiary/aromatic N) is 2. The van der Waals surface area contributed by atoms with Crippen LogP contribution in [0.5, 0.6) is 0 Å². The zero-order valence-corrected chi connectivity index (χ0v) is 13.9. The molecule has 0 spiro atoms. The zero-order chi connectivity index (χ0) is 16.5. The van der Waals surface area contributed by atoms with E-state index in [1.165, 1.54) is 17.5 Å². The van der Waals surface area contributed by atoms with Crippen LogP contribution in [0.2, 0.25) is 0 Å². The molecule has 0 aromatic heterocycles. The van der Waals surface area contributed by atoms with E-state index in [4.69, 9.17) is 0 Å². The van der Waals surface area contributed by atoms with Crippen LogP contribution in [0, 0.1) is 6.92 Å². The maximum atomic E-state index is 12.9. The quantitative estimate of drug-likeness (QED) is 0.922. The van der Waals surface area contributed by atoms with Crippen LogP contribution in [-0.2, 0) is 12.8 Å². The van der Waals surface area contributed by atoms with Crippen molar-refractivity contribution in [2.75, 3.05) is 18.4 Å². The Kier molecular flexibility index (Phi) is 3.81. The molecule has 1 aliphatic heterocycles. The van der Waals surface area contributed by atoms with Gasteiger partial charge in [-0.25, -0.2) is 0 Å². The highest BCUT2D eigenvalue weighted by Gasteiger charge is 2.26. The molecule has 0 saturated heterocycles. The number of amides is 1. The van der Waals surface area contributed by atoms with Gasteiger partial charge in [-0.2, -0.15) is 0 Å². The number of hydrogen-bond donors (Lipinski definition) is 1. The van der Waals surface area contributed by atoms with E-state index in [0.29, 0.717) is 19.0 Å². The van der Waals surface area contributed by atoms with Gasteiger partial charge in [0.1, 0.15) is 0 Å². The van der Waals surface area contributed by atoms with Crippen LogP contribution in [0.4, 0.5) is 5.69 Å². The number of rotatable bonds is 2. The Morgan fingerprint density at radius 2 is 2.00 bits per heavy atom. The van der Waals surface area contributed by atoms with Crippen LogP contribution >= 0.6 is 0 Å². The number of anilines is 1. The lowest BCUT2D eigenvalue weighted by Gasteiger charge is -2.21. The molecule has 1 heterocycles. The third kappa shape index (κ3) is 2.58. The number of guanidine groups is 1. The fourth-order valence-electron chi connectivity index (χ4n) is 3.57. The summed E-state index contributed by atoms with van der Waals surface area (Å²) in [6.07, 6.45) is 3.44. The standard InChI is InChI=1S/C20H21N3O/c1-14-6-2-3-9-16(14)19(24)23-13-12-21-20(23)22-18-11-5-8-15-7-4-10-17(15)18/h2-3,5-6,8-9,11H,4,7,10,12-13H2,1H3,(H,21,22). The molecule has 2 aromatic rings. The van der Waals surface area contributed by atoms with E-state index in [-0.39, 0.29) is 5.91 Å². The molecular weight excluding hydrogens is 298 g/mol. The van der Waals surface area contributed by atoms with Gasteiger partial charge in [0.25, 0.3) is 5.91 Å². The van der Waals surface area contributed by atoms with Crippen molar-refractivity contribution < 1.29 is 4.79 Å².